The van der Waals surface area contributed by atoms with Gasteiger partial charge in [-0.1, -0.05) is 34.6 Å². The van der Waals surface area contributed by atoms with Crippen molar-refractivity contribution in [2.75, 3.05) is 26.2 Å². The maximum atomic E-state index is 10.4. The molecule has 1 aliphatic heterocycles. The molecule has 0 radical (unpaired) electrons. The first-order valence-electron chi connectivity index (χ1n) is 8.75. The number of likely N-dealkylation sites (N-methyl/N-ethyl adjacent to an activating group) is 1. The molecule has 0 saturated carbocycles. The molecule has 2 rings (SSSR count). The number of ether oxygens (including phenoxy) is 2. The quantitative estimate of drug-likeness (QED) is 0.840. The van der Waals surface area contributed by atoms with E-state index in [1.54, 1.807) is 0 Å². The molecule has 22 heavy (non-hydrogen) atoms. The minimum absolute atomic E-state index is 0.0698. The van der Waals surface area contributed by atoms with E-state index in [4.69, 9.17) is 9.47 Å². The summed E-state index contributed by atoms with van der Waals surface area (Å²) in [5.41, 5.74) is 0.0698. The Morgan fingerprint density at radius 1 is 1.36 bits per heavy atom. The number of hydrogen-bond acceptors (Lipinski definition) is 4. The average Bonchev–Trinajstić information content (AvgIpc) is 2.79. The molecule has 3 atom stereocenters. The van der Waals surface area contributed by atoms with Gasteiger partial charge in [0.1, 0.15) is 0 Å². The van der Waals surface area contributed by atoms with E-state index < -0.39 is 5.79 Å². The second-order valence-electron chi connectivity index (χ2n) is 7.78. The fourth-order valence-electron chi connectivity index (χ4n) is 3.63. The van der Waals surface area contributed by atoms with Crippen molar-refractivity contribution in [3.05, 3.63) is 11.8 Å². The van der Waals surface area contributed by atoms with Gasteiger partial charge in [0.05, 0.1) is 18.5 Å². The van der Waals surface area contributed by atoms with Crippen LogP contribution in [0, 0.1) is 11.3 Å². The van der Waals surface area contributed by atoms with Crippen molar-refractivity contribution >= 4 is 0 Å². The number of nitrogens with zero attached hydrogens (tertiary/aromatic N) is 1. The van der Waals surface area contributed by atoms with Crippen molar-refractivity contribution in [2.45, 2.75) is 65.8 Å². The van der Waals surface area contributed by atoms with E-state index in [-0.39, 0.29) is 17.4 Å². The SMILES string of the molecule is CCCN(CC)CC1COC2(C=C(O)C(C(C)(C)C)CC2)O1. The number of allylic oxidation sites excluding steroid dienone is 1. The average molecular weight is 311 g/mol. The summed E-state index contributed by atoms with van der Waals surface area (Å²) < 4.78 is 12.2. The lowest BCUT2D eigenvalue weighted by Gasteiger charge is -2.38. The van der Waals surface area contributed by atoms with Crippen molar-refractivity contribution in [3.8, 4) is 0 Å². The van der Waals surface area contributed by atoms with Crippen molar-refractivity contribution in [3.63, 3.8) is 0 Å². The van der Waals surface area contributed by atoms with Gasteiger partial charge in [-0.15, -0.1) is 0 Å². The van der Waals surface area contributed by atoms with Gasteiger partial charge < -0.3 is 19.5 Å². The summed E-state index contributed by atoms with van der Waals surface area (Å²) in [6.45, 7) is 14.5. The van der Waals surface area contributed by atoms with Crippen molar-refractivity contribution < 1.29 is 14.6 Å². The molecule has 1 fully saturated rings. The second kappa shape index (κ2) is 6.90. The van der Waals surface area contributed by atoms with Crippen LogP contribution in [-0.2, 0) is 9.47 Å². The van der Waals surface area contributed by atoms with Crippen LogP contribution in [0.1, 0.15) is 53.9 Å². The number of aliphatic hydroxyl groups is 1. The minimum atomic E-state index is -0.692. The van der Waals surface area contributed by atoms with Crippen LogP contribution in [0.2, 0.25) is 0 Å². The molecule has 3 unspecified atom stereocenters. The van der Waals surface area contributed by atoms with Crippen LogP contribution in [-0.4, -0.2) is 48.1 Å². The molecule has 128 valence electrons. The van der Waals surface area contributed by atoms with Crippen molar-refractivity contribution in [2.24, 2.45) is 11.3 Å². The molecule has 1 N–H and O–H groups in total. The van der Waals surface area contributed by atoms with Crippen LogP contribution in [0.5, 0.6) is 0 Å². The van der Waals surface area contributed by atoms with Gasteiger partial charge in [0.15, 0.2) is 5.79 Å². The van der Waals surface area contributed by atoms with Gasteiger partial charge >= 0.3 is 0 Å². The van der Waals surface area contributed by atoms with E-state index >= 15 is 0 Å². The third-order valence-corrected chi connectivity index (χ3v) is 4.88. The maximum absolute atomic E-state index is 10.4. The first kappa shape index (κ1) is 17.8. The third kappa shape index (κ3) is 4.03. The summed E-state index contributed by atoms with van der Waals surface area (Å²) in [7, 11) is 0. The maximum Gasteiger partial charge on any atom is 0.191 e. The Balaban J connectivity index is 1.99. The van der Waals surface area contributed by atoms with Crippen LogP contribution >= 0.6 is 0 Å². The Morgan fingerprint density at radius 3 is 2.64 bits per heavy atom. The highest BCUT2D eigenvalue weighted by atomic mass is 16.7. The molecule has 1 spiro atoms. The molecule has 0 bridgehead atoms. The molecular formula is C18H33NO3. The lowest BCUT2D eigenvalue weighted by molar-refractivity contribution is -0.148. The Bertz CT molecular complexity index is 402. The Hall–Kier alpha value is -0.580. The van der Waals surface area contributed by atoms with E-state index in [0.29, 0.717) is 12.4 Å². The number of rotatable bonds is 5. The summed E-state index contributed by atoms with van der Waals surface area (Å²) in [4.78, 5) is 2.40. The fourth-order valence-corrected chi connectivity index (χ4v) is 3.63. The van der Waals surface area contributed by atoms with Crippen LogP contribution in [0.4, 0.5) is 0 Å². The van der Waals surface area contributed by atoms with Crippen LogP contribution < -0.4 is 0 Å². The van der Waals surface area contributed by atoms with Gasteiger partial charge in [0.25, 0.3) is 0 Å². The Labute approximate surface area is 135 Å². The van der Waals surface area contributed by atoms with Gasteiger partial charge in [0, 0.05) is 25.0 Å². The predicted octanol–water partition coefficient (Wildman–Crippen LogP) is 3.73. The van der Waals surface area contributed by atoms with Crippen LogP contribution in [0.3, 0.4) is 0 Å². The molecule has 4 nitrogen and oxygen atoms in total. The molecule has 0 aromatic carbocycles. The molecule has 1 saturated heterocycles. The van der Waals surface area contributed by atoms with Crippen LogP contribution in [0.15, 0.2) is 11.8 Å². The molecule has 0 aromatic heterocycles. The fraction of sp³-hybridized carbons (Fsp3) is 0.889. The minimum Gasteiger partial charge on any atom is -0.512 e. The molecule has 2 aliphatic rings. The van der Waals surface area contributed by atoms with Crippen molar-refractivity contribution in [1.29, 1.82) is 0 Å². The van der Waals surface area contributed by atoms with Crippen LogP contribution in [0.25, 0.3) is 0 Å². The van der Waals surface area contributed by atoms with Gasteiger partial charge in [-0.05, 0) is 31.3 Å². The van der Waals surface area contributed by atoms with Gasteiger partial charge in [-0.2, -0.15) is 0 Å². The molecule has 4 heteroatoms. The van der Waals surface area contributed by atoms with E-state index in [9.17, 15) is 5.11 Å². The largest absolute Gasteiger partial charge is 0.512 e. The topological polar surface area (TPSA) is 41.9 Å². The highest BCUT2D eigenvalue weighted by Crippen LogP contribution is 2.44. The molecule has 1 heterocycles. The first-order chi connectivity index (χ1) is 10.3. The number of aliphatic hydroxyl groups excluding tert-OH is 1. The van der Waals surface area contributed by atoms with Gasteiger partial charge in [0.2, 0.25) is 0 Å². The lowest BCUT2D eigenvalue weighted by atomic mass is 9.73. The lowest BCUT2D eigenvalue weighted by Crippen LogP contribution is -2.39. The third-order valence-electron chi connectivity index (χ3n) is 4.88. The molecular weight excluding hydrogens is 278 g/mol. The number of hydrogen-bond donors (Lipinski definition) is 1. The summed E-state index contributed by atoms with van der Waals surface area (Å²) in [6.07, 6.45) is 4.81. The smallest absolute Gasteiger partial charge is 0.191 e. The summed E-state index contributed by atoms with van der Waals surface area (Å²) >= 11 is 0. The predicted molar refractivity (Wildman–Crippen MR) is 88.9 cm³/mol. The normalized spacial score (nSPS) is 32.7. The second-order valence-corrected chi connectivity index (χ2v) is 7.78. The first-order valence-corrected chi connectivity index (χ1v) is 8.75. The Kier molecular flexibility index (Phi) is 5.57. The van der Waals surface area contributed by atoms with Gasteiger partial charge in [-0.3, -0.25) is 0 Å². The van der Waals surface area contributed by atoms with Crippen molar-refractivity contribution in [1.82, 2.24) is 4.90 Å². The monoisotopic (exact) mass is 311 g/mol. The molecule has 0 amide bonds. The highest BCUT2D eigenvalue weighted by molar-refractivity contribution is 5.13. The zero-order valence-corrected chi connectivity index (χ0v) is 14.9. The zero-order chi connectivity index (χ0) is 16.4. The van der Waals surface area contributed by atoms with E-state index in [0.717, 1.165) is 38.9 Å². The highest BCUT2D eigenvalue weighted by Gasteiger charge is 2.46. The zero-order valence-electron chi connectivity index (χ0n) is 14.9. The summed E-state index contributed by atoms with van der Waals surface area (Å²) in [5, 5.41) is 10.4. The Morgan fingerprint density at radius 2 is 2.09 bits per heavy atom. The van der Waals surface area contributed by atoms with E-state index in [1.165, 1.54) is 0 Å². The van der Waals surface area contributed by atoms with E-state index in [2.05, 4.69) is 39.5 Å². The summed E-state index contributed by atoms with van der Waals surface area (Å²) in [5.74, 6) is -0.0702. The summed E-state index contributed by atoms with van der Waals surface area (Å²) in [6, 6.07) is 0. The molecule has 0 aromatic rings. The van der Waals surface area contributed by atoms with Gasteiger partial charge in [-0.25, -0.2) is 0 Å². The van der Waals surface area contributed by atoms with E-state index in [1.807, 2.05) is 6.08 Å². The molecule has 1 aliphatic carbocycles. The standard InChI is InChI=1S/C18H33NO3/c1-6-10-19(7-2)12-14-13-21-18(22-14)9-8-15(16(20)11-18)17(3,4)5/h11,14-15,20H,6-10,12-13H2,1-5H3.